The van der Waals surface area contributed by atoms with Gasteiger partial charge >= 0.3 is 6.09 Å². The molecule has 9 heavy (non-hydrogen) atoms. The van der Waals surface area contributed by atoms with Crippen LogP contribution in [0.15, 0.2) is 0 Å². The quantitative estimate of drug-likeness (QED) is 0.227. The van der Waals surface area contributed by atoms with Gasteiger partial charge in [0.2, 0.25) is 0 Å². The monoisotopic (exact) mass is 170 g/mol. The van der Waals surface area contributed by atoms with Gasteiger partial charge in [-0.05, 0) is 12.2 Å². The smallest absolute Gasteiger partial charge is 0.416 e. The van der Waals surface area contributed by atoms with E-state index in [1.54, 1.807) is 0 Å². The summed E-state index contributed by atoms with van der Waals surface area (Å²) in [4.78, 5) is 9.29. The summed E-state index contributed by atoms with van der Waals surface area (Å²) in [6.45, 7) is 0. The largest absolute Gasteiger partial charge is 0.487 e. The number of hydrogen-bond acceptors (Lipinski definition) is 4. The number of hydrogen-bond donors (Lipinski definition) is 4. The molecule has 0 atom stereocenters. The van der Waals surface area contributed by atoms with Crippen LogP contribution < -0.4 is 11.5 Å². The summed E-state index contributed by atoms with van der Waals surface area (Å²) in [6, 6.07) is 0. The van der Waals surface area contributed by atoms with Crippen molar-refractivity contribution in [2.24, 2.45) is 11.5 Å². The highest BCUT2D eigenvalue weighted by Gasteiger charge is 1.78. The van der Waals surface area contributed by atoms with Crippen LogP contribution in [-0.2, 0) is 4.18 Å². The van der Waals surface area contributed by atoms with Crippen LogP contribution in [0.5, 0.6) is 0 Å². The van der Waals surface area contributed by atoms with Crippen molar-refractivity contribution in [2.75, 3.05) is 0 Å². The Morgan fingerprint density at radius 2 is 1.78 bits per heavy atom. The molecule has 54 valence electrons. The minimum Gasteiger partial charge on any atom is -0.487 e. The van der Waals surface area contributed by atoms with Crippen molar-refractivity contribution in [1.82, 2.24) is 0 Å². The van der Waals surface area contributed by atoms with E-state index in [-0.39, 0.29) is 0 Å². The van der Waals surface area contributed by atoms with Crippen molar-refractivity contribution < 1.29 is 14.1 Å². The first-order valence-electron chi connectivity index (χ1n) is 1.60. The lowest BCUT2D eigenvalue weighted by Gasteiger charge is -1.78. The Bertz CT molecular complexity index is 102. The van der Waals surface area contributed by atoms with E-state index in [2.05, 4.69) is 40.8 Å². The van der Waals surface area contributed by atoms with E-state index in [0.717, 1.165) is 0 Å². The second-order valence-electron chi connectivity index (χ2n) is 0.749. The van der Waals surface area contributed by atoms with Crippen molar-refractivity contribution in [1.29, 1.82) is 0 Å². The average Bonchev–Trinajstić information content (AvgIpc) is 1.65. The number of carbonyl (C=O) groups excluding carboxylic acids is 1. The Balaban J connectivity index is 0. The topological polar surface area (TPSA) is 98.6 Å². The molecule has 0 aromatic carbocycles. The summed E-state index contributed by atoms with van der Waals surface area (Å²) in [5.74, 6) is 0. The minimum atomic E-state index is -0.881. The van der Waals surface area contributed by atoms with Crippen molar-refractivity contribution in [3.8, 4) is 0 Å². The number of aliphatic hydroxyl groups is 1. The number of aliphatic hydroxyl groups excluding tert-OH is 1. The summed E-state index contributed by atoms with van der Waals surface area (Å²) in [5.41, 5.74) is 8.75. The van der Waals surface area contributed by atoms with Crippen LogP contribution in [0.2, 0.25) is 0 Å². The summed E-state index contributed by atoms with van der Waals surface area (Å²) >= 11 is 6.91. The predicted octanol–water partition coefficient (Wildman–Crippen LogP) is -0.285. The zero-order valence-corrected chi connectivity index (χ0v) is 5.98. The molecule has 0 radical (unpaired) electrons. The van der Waals surface area contributed by atoms with Gasteiger partial charge in [0.1, 0.15) is 0 Å². The maximum atomic E-state index is 9.29. The summed E-state index contributed by atoms with van der Waals surface area (Å²) in [5, 5.41) is 7.06. The van der Waals surface area contributed by atoms with E-state index in [1.807, 2.05) is 0 Å². The SMILES string of the molecule is NC(=O)OS.NC(O)=S. The lowest BCUT2D eigenvalue weighted by Crippen LogP contribution is -2.06. The van der Waals surface area contributed by atoms with Gasteiger partial charge in [-0.1, -0.05) is 0 Å². The molecule has 0 aliphatic rings. The van der Waals surface area contributed by atoms with Crippen molar-refractivity contribution in [3.05, 3.63) is 0 Å². The van der Waals surface area contributed by atoms with Crippen LogP contribution in [0, 0.1) is 0 Å². The number of thiocarbonyl (C=S) groups is 1. The second kappa shape index (κ2) is 7.31. The first kappa shape index (κ1) is 11.2. The molecule has 0 aliphatic heterocycles. The fraction of sp³-hybridized carbons (Fsp3) is 0. The molecule has 0 spiro atoms. The van der Waals surface area contributed by atoms with Crippen LogP contribution in [0.4, 0.5) is 4.79 Å². The molecule has 7 heteroatoms. The molecule has 0 fully saturated rings. The number of primary amides is 1. The van der Waals surface area contributed by atoms with Crippen LogP contribution in [0.3, 0.4) is 0 Å². The van der Waals surface area contributed by atoms with Gasteiger partial charge in [-0.3, -0.25) is 0 Å². The first-order valence-corrected chi connectivity index (χ1v) is 2.37. The van der Waals surface area contributed by atoms with Crippen LogP contribution in [0.1, 0.15) is 0 Å². The molecule has 5 nitrogen and oxygen atoms in total. The van der Waals surface area contributed by atoms with Crippen LogP contribution in [0.25, 0.3) is 0 Å². The average molecular weight is 170 g/mol. The Morgan fingerprint density at radius 3 is 1.78 bits per heavy atom. The Morgan fingerprint density at radius 1 is 1.67 bits per heavy atom. The third kappa shape index (κ3) is 120. The maximum absolute atomic E-state index is 9.29. The third-order valence-electron chi connectivity index (χ3n) is 0.0900. The zero-order chi connectivity index (χ0) is 7.86. The molecular formula is C2H6N2O3S2. The highest BCUT2D eigenvalue weighted by molar-refractivity contribution is 7.79. The van der Waals surface area contributed by atoms with Crippen molar-refractivity contribution >= 4 is 36.4 Å². The molecule has 5 N–H and O–H groups in total. The highest BCUT2D eigenvalue weighted by Crippen LogP contribution is 1.71. The fourth-order valence-electron chi connectivity index (χ4n) is 0. The zero-order valence-electron chi connectivity index (χ0n) is 4.27. The second-order valence-corrected chi connectivity index (χ2v) is 1.35. The van der Waals surface area contributed by atoms with Crippen LogP contribution in [-0.4, -0.2) is 16.4 Å². The van der Waals surface area contributed by atoms with E-state index in [9.17, 15) is 4.79 Å². The van der Waals surface area contributed by atoms with E-state index in [4.69, 9.17) is 5.11 Å². The van der Waals surface area contributed by atoms with Crippen molar-refractivity contribution in [2.45, 2.75) is 0 Å². The van der Waals surface area contributed by atoms with Gasteiger partial charge in [-0.25, -0.2) is 4.79 Å². The lowest BCUT2D eigenvalue weighted by atomic mass is 11.3. The van der Waals surface area contributed by atoms with Gasteiger partial charge in [0.25, 0.3) is 5.17 Å². The van der Waals surface area contributed by atoms with Crippen LogP contribution >= 0.6 is 25.1 Å². The van der Waals surface area contributed by atoms with E-state index in [1.165, 1.54) is 0 Å². The van der Waals surface area contributed by atoms with E-state index < -0.39 is 11.3 Å². The number of nitrogens with two attached hydrogens (primary N) is 2. The first-order chi connectivity index (χ1) is 4.00. The molecule has 1 amide bonds. The van der Waals surface area contributed by atoms with Gasteiger partial charge in [0, 0.05) is 12.9 Å². The minimum absolute atomic E-state index is 0.500. The van der Waals surface area contributed by atoms with Gasteiger partial charge in [-0.2, -0.15) is 0 Å². The Hall–Kier alpha value is -0.690. The molecule has 0 bridgehead atoms. The summed E-state index contributed by atoms with van der Waals surface area (Å²) in [7, 11) is 0. The fourth-order valence-corrected chi connectivity index (χ4v) is 0. The predicted molar refractivity (Wildman–Crippen MR) is 39.1 cm³/mol. The summed E-state index contributed by atoms with van der Waals surface area (Å²) in [6.07, 6.45) is -0.881. The van der Waals surface area contributed by atoms with E-state index in [0.29, 0.717) is 0 Å². The Labute approximate surface area is 62.6 Å². The standard InChI is InChI=1S/CH3NO2S.CH3NOS/c2-1(3)4-5;2-1(3)4/h5H,(H2,2,3);(H3,2,3,4). The number of carbonyl (C=O) groups is 1. The molecule has 0 saturated heterocycles. The van der Waals surface area contributed by atoms with Gasteiger partial charge in [0.15, 0.2) is 0 Å². The molecule has 0 aromatic heterocycles. The van der Waals surface area contributed by atoms with Gasteiger partial charge in [-0.15, -0.1) is 0 Å². The molecule has 0 rings (SSSR count). The number of rotatable bonds is 0. The molecule has 0 saturated carbocycles. The van der Waals surface area contributed by atoms with Gasteiger partial charge < -0.3 is 20.8 Å². The number of thiol groups is 1. The maximum Gasteiger partial charge on any atom is 0.416 e. The molecular weight excluding hydrogens is 164 g/mol. The molecule has 0 unspecified atom stereocenters. The molecule has 0 aliphatic carbocycles. The lowest BCUT2D eigenvalue weighted by molar-refractivity contribution is 0.219. The molecule has 0 aromatic rings. The number of amides is 1. The summed E-state index contributed by atoms with van der Waals surface area (Å²) < 4.78 is 3.58. The van der Waals surface area contributed by atoms with Gasteiger partial charge in [0.05, 0.1) is 0 Å². The van der Waals surface area contributed by atoms with E-state index >= 15 is 0 Å². The molecule has 0 heterocycles. The van der Waals surface area contributed by atoms with Crippen molar-refractivity contribution in [3.63, 3.8) is 0 Å². The normalized spacial score (nSPS) is 6.33. The Kier molecular flexibility index (Phi) is 9.06. The third-order valence-corrected chi connectivity index (χ3v) is 0.270. The highest BCUT2D eigenvalue weighted by atomic mass is 32.1.